The molecule has 24 heavy (non-hydrogen) atoms. The van der Waals surface area contributed by atoms with Crippen LogP contribution in [0, 0.1) is 6.92 Å². The van der Waals surface area contributed by atoms with Gasteiger partial charge in [-0.3, -0.25) is 0 Å². The molecule has 2 heterocycles. The number of nitrogens with one attached hydrogen (secondary N) is 2. The number of hydrogen-bond acceptors (Lipinski definition) is 4. The van der Waals surface area contributed by atoms with E-state index in [0.29, 0.717) is 6.54 Å². The highest BCUT2D eigenvalue weighted by atomic mass is 16.2. The molecule has 0 radical (unpaired) electrons. The SMILES string of the molecule is Cc1cc(N2CCCCC2CNC(=O)Nc2ccccc2)ncn1. The molecule has 6 heteroatoms. The second kappa shape index (κ2) is 7.77. The summed E-state index contributed by atoms with van der Waals surface area (Å²) in [7, 11) is 0. The number of hydrogen-bond donors (Lipinski definition) is 2. The van der Waals surface area contributed by atoms with Gasteiger partial charge in [-0.15, -0.1) is 0 Å². The molecule has 6 nitrogen and oxygen atoms in total. The maximum absolute atomic E-state index is 12.1. The average molecular weight is 325 g/mol. The summed E-state index contributed by atoms with van der Waals surface area (Å²) in [5.74, 6) is 0.942. The Balaban J connectivity index is 1.59. The van der Waals surface area contributed by atoms with Crippen LogP contribution >= 0.6 is 0 Å². The Morgan fingerprint density at radius 3 is 2.88 bits per heavy atom. The molecule has 1 unspecified atom stereocenters. The first-order valence-electron chi connectivity index (χ1n) is 8.37. The standard InChI is InChI=1S/C18H23N5O/c1-14-11-17(21-13-20-14)23-10-6-5-9-16(23)12-19-18(24)22-15-7-3-2-4-8-15/h2-4,7-8,11,13,16H,5-6,9-10,12H2,1H3,(H2,19,22,24). The fraction of sp³-hybridized carbons (Fsp3) is 0.389. The van der Waals surface area contributed by atoms with E-state index in [0.717, 1.165) is 36.6 Å². The number of piperidine rings is 1. The van der Waals surface area contributed by atoms with Crippen LogP contribution in [0.1, 0.15) is 25.0 Å². The van der Waals surface area contributed by atoms with Crippen LogP contribution in [0.5, 0.6) is 0 Å². The predicted molar refractivity (Wildman–Crippen MR) is 95.2 cm³/mol. The molecule has 1 saturated heterocycles. The van der Waals surface area contributed by atoms with Gasteiger partial charge in [-0.2, -0.15) is 0 Å². The Kier molecular flexibility index (Phi) is 5.25. The number of aromatic nitrogens is 2. The molecule has 2 amide bonds. The van der Waals surface area contributed by atoms with Crippen LogP contribution in [0.2, 0.25) is 0 Å². The molecule has 2 aromatic rings. The zero-order valence-corrected chi connectivity index (χ0v) is 13.9. The highest BCUT2D eigenvalue weighted by Crippen LogP contribution is 2.22. The predicted octanol–water partition coefficient (Wildman–Crippen LogP) is 2.97. The molecule has 1 fully saturated rings. The van der Waals surface area contributed by atoms with Gasteiger partial charge in [-0.05, 0) is 38.3 Å². The minimum atomic E-state index is -0.175. The van der Waals surface area contributed by atoms with Gasteiger partial charge in [0.25, 0.3) is 0 Å². The van der Waals surface area contributed by atoms with Crippen LogP contribution in [0.15, 0.2) is 42.7 Å². The highest BCUT2D eigenvalue weighted by molar-refractivity contribution is 5.89. The zero-order valence-electron chi connectivity index (χ0n) is 13.9. The molecule has 1 aliphatic rings. The van der Waals surface area contributed by atoms with Crippen molar-refractivity contribution in [2.75, 3.05) is 23.3 Å². The van der Waals surface area contributed by atoms with Crippen LogP contribution in [0.3, 0.4) is 0 Å². The van der Waals surface area contributed by atoms with Crippen LogP contribution in [0.25, 0.3) is 0 Å². The summed E-state index contributed by atoms with van der Waals surface area (Å²) in [6.45, 7) is 3.53. The first-order chi connectivity index (χ1) is 11.7. The van der Waals surface area contributed by atoms with Crippen molar-refractivity contribution in [2.45, 2.75) is 32.2 Å². The Hall–Kier alpha value is -2.63. The molecule has 3 rings (SSSR count). The number of carbonyl (C=O) groups is 1. The number of carbonyl (C=O) groups excluding carboxylic acids is 1. The lowest BCUT2D eigenvalue weighted by atomic mass is 10.0. The highest BCUT2D eigenvalue weighted by Gasteiger charge is 2.24. The number of amides is 2. The van der Waals surface area contributed by atoms with Crippen LogP contribution in [-0.2, 0) is 0 Å². The van der Waals surface area contributed by atoms with Crippen molar-refractivity contribution in [1.29, 1.82) is 0 Å². The number of rotatable bonds is 4. The number of nitrogens with zero attached hydrogens (tertiary/aromatic N) is 3. The summed E-state index contributed by atoms with van der Waals surface area (Å²) in [5, 5.41) is 5.83. The van der Waals surface area contributed by atoms with Crippen LogP contribution < -0.4 is 15.5 Å². The second-order valence-corrected chi connectivity index (χ2v) is 6.06. The minimum absolute atomic E-state index is 0.175. The Morgan fingerprint density at radius 2 is 2.08 bits per heavy atom. The fourth-order valence-corrected chi connectivity index (χ4v) is 3.02. The van der Waals surface area contributed by atoms with Crippen molar-refractivity contribution in [2.24, 2.45) is 0 Å². The van der Waals surface area contributed by atoms with Gasteiger partial charge in [-0.25, -0.2) is 14.8 Å². The third kappa shape index (κ3) is 4.22. The van der Waals surface area contributed by atoms with E-state index in [9.17, 15) is 4.79 Å². The quantitative estimate of drug-likeness (QED) is 0.907. The van der Waals surface area contributed by atoms with Gasteiger partial charge in [0.05, 0.1) is 0 Å². The van der Waals surface area contributed by atoms with Gasteiger partial charge in [0.15, 0.2) is 0 Å². The topological polar surface area (TPSA) is 70.2 Å². The summed E-state index contributed by atoms with van der Waals surface area (Å²) in [4.78, 5) is 22.9. The van der Waals surface area contributed by atoms with Gasteiger partial charge in [0.2, 0.25) is 0 Å². The Bertz CT molecular complexity index is 676. The van der Waals surface area contributed by atoms with Gasteiger partial charge in [-0.1, -0.05) is 18.2 Å². The third-order valence-electron chi connectivity index (χ3n) is 4.24. The molecule has 126 valence electrons. The van der Waals surface area contributed by atoms with E-state index in [-0.39, 0.29) is 12.1 Å². The number of anilines is 2. The maximum Gasteiger partial charge on any atom is 0.319 e. The minimum Gasteiger partial charge on any atom is -0.352 e. The van der Waals surface area contributed by atoms with Gasteiger partial charge in [0, 0.05) is 36.6 Å². The van der Waals surface area contributed by atoms with Crippen molar-refractivity contribution >= 4 is 17.5 Å². The molecule has 0 spiro atoms. The van der Waals surface area contributed by atoms with Crippen molar-refractivity contribution in [3.05, 3.63) is 48.4 Å². The molecular formula is C18H23N5O. The summed E-state index contributed by atoms with van der Waals surface area (Å²) in [5.41, 5.74) is 1.75. The number of para-hydroxylation sites is 1. The summed E-state index contributed by atoms with van der Waals surface area (Å²) in [6, 6.07) is 11.5. The number of benzene rings is 1. The van der Waals surface area contributed by atoms with E-state index in [1.807, 2.05) is 43.3 Å². The Morgan fingerprint density at radius 1 is 1.25 bits per heavy atom. The second-order valence-electron chi connectivity index (χ2n) is 6.06. The smallest absolute Gasteiger partial charge is 0.319 e. The van der Waals surface area contributed by atoms with Crippen LogP contribution in [0.4, 0.5) is 16.3 Å². The molecule has 1 atom stereocenters. The zero-order chi connectivity index (χ0) is 16.8. The lowest BCUT2D eigenvalue weighted by molar-refractivity contribution is 0.250. The lowest BCUT2D eigenvalue weighted by Crippen LogP contribution is -2.48. The van der Waals surface area contributed by atoms with Gasteiger partial charge < -0.3 is 15.5 Å². The first kappa shape index (κ1) is 16.2. The van der Waals surface area contributed by atoms with E-state index in [1.165, 1.54) is 6.42 Å². The van der Waals surface area contributed by atoms with E-state index >= 15 is 0 Å². The van der Waals surface area contributed by atoms with Gasteiger partial charge >= 0.3 is 6.03 Å². The van der Waals surface area contributed by atoms with Gasteiger partial charge in [0.1, 0.15) is 12.1 Å². The molecule has 0 saturated carbocycles. The summed E-state index contributed by atoms with van der Waals surface area (Å²) < 4.78 is 0. The normalized spacial score (nSPS) is 17.4. The third-order valence-corrected chi connectivity index (χ3v) is 4.24. The van der Waals surface area contributed by atoms with Crippen molar-refractivity contribution in [1.82, 2.24) is 15.3 Å². The molecule has 1 aliphatic heterocycles. The Labute approximate surface area is 142 Å². The summed E-state index contributed by atoms with van der Waals surface area (Å²) >= 11 is 0. The number of aryl methyl sites for hydroxylation is 1. The first-order valence-corrected chi connectivity index (χ1v) is 8.37. The fourth-order valence-electron chi connectivity index (χ4n) is 3.02. The monoisotopic (exact) mass is 325 g/mol. The van der Waals surface area contributed by atoms with Crippen molar-refractivity contribution < 1.29 is 4.79 Å². The maximum atomic E-state index is 12.1. The van der Waals surface area contributed by atoms with E-state index < -0.39 is 0 Å². The summed E-state index contributed by atoms with van der Waals surface area (Å²) in [6.07, 6.45) is 4.98. The van der Waals surface area contributed by atoms with Crippen molar-refractivity contribution in [3.8, 4) is 0 Å². The van der Waals surface area contributed by atoms with E-state index in [2.05, 4.69) is 25.5 Å². The van der Waals surface area contributed by atoms with E-state index in [1.54, 1.807) is 6.33 Å². The van der Waals surface area contributed by atoms with Crippen molar-refractivity contribution in [3.63, 3.8) is 0 Å². The largest absolute Gasteiger partial charge is 0.352 e. The van der Waals surface area contributed by atoms with E-state index in [4.69, 9.17) is 0 Å². The molecule has 2 N–H and O–H groups in total. The average Bonchev–Trinajstić information content (AvgIpc) is 2.61. The molecule has 0 bridgehead atoms. The molecule has 1 aromatic heterocycles. The van der Waals surface area contributed by atoms with Crippen LogP contribution in [-0.4, -0.2) is 35.1 Å². The molecule has 1 aromatic carbocycles. The molecule has 0 aliphatic carbocycles. The number of urea groups is 1. The lowest BCUT2D eigenvalue weighted by Gasteiger charge is -2.36. The molecular weight excluding hydrogens is 302 g/mol.